The molecule has 0 bridgehead atoms. The van der Waals surface area contributed by atoms with Gasteiger partial charge in [0.05, 0.1) is 18.0 Å². The zero-order valence-electron chi connectivity index (χ0n) is 12.9. The van der Waals surface area contributed by atoms with Crippen LogP contribution in [0.2, 0.25) is 0 Å². The quantitative estimate of drug-likeness (QED) is 0.785. The van der Waals surface area contributed by atoms with Gasteiger partial charge in [0.25, 0.3) is 5.56 Å². The first-order valence-electron chi connectivity index (χ1n) is 7.42. The minimum atomic E-state index is -0.231. The number of hydrogen-bond acceptors (Lipinski definition) is 5. The Kier molecular flexibility index (Phi) is 5.12. The van der Waals surface area contributed by atoms with Crippen LogP contribution in [0, 0.1) is 5.92 Å². The maximum Gasteiger partial charge on any atom is 0.269 e. The number of methoxy groups -OCH3 is 1. The fraction of sp³-hybridized carbons (Fsp3) is 0.667. The van der Waals surface area contributed by atoms with Crippen LogP contribution in [-0.4, -0.2) is 41.9 Å². The van der Waals surface area contributed by atoms with Crippen LogP contribution in [0.25, 0.3) is 0 Å². The van der Waals surface area contributed by atoms with Crippen molar-refractivity contribution < 1.29 is 9.53 Å². The van der Waals surface area contributed by atoms with Crippen molar-refractivity contribution in [1.29, 1.82) is 0 Å². The second-order valence-corrected chi connectivity index (χ2v) is 5.58. The molecular weight excluding hydrogens is 270 g/mol. The Hall–Kier alpha value is -1.69. The molecule has 0 radical (unpaired) electrons. The summed E-state index contributed by atoms with van der Waals surface area (Å²) < 4.78 is 6.56. The summed E-state index contributed by atoms with van der Waals surface area (Å²) in [5, 5.41) is 4.13. The number of anilines is 1. The van der Waals surface area contributed by atoms with Crippen LogP contribution < -0.4 is 10.5 Å². The molecule has 2 atom stereocenters. The molecule has 1 aliphatic rings. The van der Waals surface area contributed by atoms with Gasteiger partial charge in [-0.15, -0.1) is 0 Å². The van der Waals surface area contributed by atoms with E-state index in [4.69, 9.17) is 4.74 Å². The molecule has 0 aliphatic carbocycles. The van der Waals surface area contributed by atoms with Crippen LogP contribution in [0.3, 0.4) is 0 Å². The fourth-order valence-electron chi connectivity index (χ4n) is 2.40. The highest BCUT2D eigenvalue weighted by Gasteiger charge is 2.23. The van der Waals surface area contributed by atoms with Crippen LogP contribution in [0.15, 0.2) is 17.1 Å². The van der Waals surface area contributed by atoms with Gasteiger partial charge in [-0.05, 0) is 12.8 Å². The maximum atomic E-state index is 12.1. The molecule has 21 heavy (non-hydrogen) atoms. The zero-order chi connectivity index (χ0) is 15.4. The number of Topliss-reactive ketones (excluding diaryl/α,β-unsaturated/α-hetero) is 1. The first kappa shape index (κ1) is 15.7. The standard InChI is InChI=1S/C15H23N3O3/c1-4-11(2)14(19)10-18-15(20)7-12(8-16-18)17-6-5-13(9-17)21-3/h7-8,11,13H,4-6,9-10H2,1-3H3. The van der Waals surface area contributed by atoms with Crippen LogP contribution >= 0.6 is 0 Å². The van der Waals surface area contributed by atoms with Gasteiger partial charge in [0, 0.05) is 32.2 Å². The van der Waals surface area contributed by atoms with Crippen molar-refractivity contribution in [2.45, 2.75) is 39.3 Å². The first-order chi connectivity index (χ1) is 10.0. The number of nitrogens with zero attached hydrogens (tertiary/aromatic N) is 3. The molecule has 1 saturated heterocycles. The molecular formula is C15H23N3O3. The molecule has 2 rings (SSSR count). The summed E-state index contributed by atoms with van der Waals surface area (Å²) in [5.74, 6) is -0.000103. The van der Waals surface area contributed by atoms with Gasteiger partial charge in [0.1, 0.15) is 6.54 Å². The predicted molar refractivity (Wildman–Crippen MR) is 80.6 cm³/mol. The number of carbonyl (C=O) groups is 1. The van der Waals surface area contributed by atoms with E-state index in [9.17, 15) is 9.59 Å². The van der Waals surface area contributed by atoms with E-state index in [1.54, 1.807) is 19.4 Å². The third-order valence-electron chi connectivity index (χ3n) is 4.17. The second kappa shape index (κ2) is 6.85. The van der Waals surface area contributed by atoms with E-state index < -0.39 is 0 Å². The number of carbonyl (C=O) groups excluding carboxylic acids is 1. The lowest BCUT2D eigenvalue weighted by Gasteiger charge is -2.18. The average Bonchev–Trinajstić information content (AvgIpc) is 2.97. The minimum Gasteiger partial charge on any atom is -0.380 e. The van der Waals surface area contributed by atoms with Crippen molar-refractivity contribution in [2.24, 2.45) is 5.92 Å². The molecule has 1 aliphatic heterocycles. The van der Waals surface area contributed by atoms with Crippen molar-refractivity contribution in [3.63, 3.8) is 0 Å². The van der Waals surface area contributed by atoms with E-state index in [1.165, 1.54) is 4.68 Å². The summed E-state index contributed by atoms with van der Waals surface area (Å²) in [6.45, 7) is 5.51. The van der Waals surface area contributed by atoms with Crippen molar-refractivity contribution >= 4 is 11.5 Å². The molecule has 6 nitrogen and oxygen atoms in total. The van der Waals surface area contributed by atoms with Gasteiger partial charge in [-0.25, -0.2) is 4.68 Å². The van der Waals surface area contributed by atoms with Crippen molar-refractivity contribution in [3.8, 4) is 0 Å². The highest BCUT2D eigenvalue weighted by Crippen LogP contribution is 2.19. The Morgan fingerprint density at radius 2 is 2.33 bits per heavy atom. The molecule has 0 amide bonds. The Morgan fingerprint density at radius 3 is 2.90 bits per heavy atom. The Labute approximate surface area is 124 Å². The van der Waals surface area contributed by atoms with Gasteiger partial charge in [-0.1, -0.05) is 13.8 Å². The molecule has 1 aromatic heterocycles. The number of hydrogen-bond donors (Lipinski definition) is 0. The van der Waals surface area contributed by atoms with Gasteiger partial charge in [-0.2, -0.15) is 5.10 Å². The monoisotopic (exact) mass is 293 g/mol. The lowest BCUT2D eigenvalue weighted by molar-refractivity contribution is -0.123. The van der Waals surface area contributed by atoms with E-state index in [0.717, 1.165) is 31.6 Å². The fourth-order valence-corrected chi connectivity index (χ4v) is 2.40. The van der Waals surface area contributed by atoms with Gasteiger partial charge >= 0.3 is 0 Å². The summed E-state index contributed by atoms with van der Waals surface area (Å²) >= 11 is 0. The van der Waals surface area contributed by atoms with E-state index in [2.05, 4.69) is 10.00 Å². The minimum absolute atomic E-state index is 0.0421. The average molecular weight is 293 g/mol. The number of rotatable bonds is 6. The van der Waals surface area contributed by atoms with Gasteiger partial charge in [0.2, 0.25) is 0 Å². The van der Waals surface area contributed by atoms with Crippen LogP contribution in [0.5, 0.6) is 0 Å². The normalized spacial score (nSPS) is 19.8. The third-order valence-corrected chi connectivity index (χ3v) is 4.17. The summed E-state index contributed by atoms with van der Waals surface area (Å²) in [6, 6.07) is 1.55. The summed E-state index contributed by atoms with van der Waals surface area (Å²) in [6.07, 6.45) is 3.59. The van der Waals surface area contributed by atoms with Gasteiger partial charge in [-0.3, -0.25) is 9.59 Å². The zero-order valence-corrected chi connectivity index (χ0v) is 12.9. The molecule has 1 aromatic rings. The SMILES string of the molecule is CCC(C)C(=O)Cn1ncc(N2CCC(OC)C2)cc1=O. The third kappa shape index (κ3) is 3.69. The molecule has 0 aromatic carbocycles. The van der Waals surface area contributed by atoms with E-state index in [1.807, 2.05) is 13.8 Å². The molecule has 1 fully saturated rings. The highest BCUT2D eigenvalue weighted by molar-refractivity contribution is 5.80. The number of ether oxygens (including phenoxy) is 1. The molecule has 0 N–H and O–H groups in total. The molecule has 2 unspecified atom stereocenters. The van der Waals surface area contributed by atoms with Crippen molar-refractivity contribution in [3.05, 3.63) is 22.6 Å². The summed E-state index contributed by atoms with van der Waals surface area (Å²) in [4.78, 5) is 26.1. The van der Waals surface area contributed by atoms with Crippen LogP contribution in [0.4, 0.5) is 5.69 Å². The van der Waals surface area contributed by atoms with Gasteiger partial charge < -0.3 is 9.64 Å². The van der Waals surface area contributed by atoms with Crippen LogP contribution in [-0.2, 0) is 16.1 Å². The van der Waals surface area contributed by atoms with Crippen LogP contribution in [0.1, 0.15) is 26.7 Å². The van der Waals surface area contributed by atoms with Gasteiger partial charge in [0.15, 0.2) is 5.78 Å². The lowest BCUT2D eigenvalue weighted by atomic mass is 10.0. The highest BCUT2D eigenvalue weighted by atomic mass is 16.5. The molecule has 116 valence electrons. The predicted octanol–water partition coefficient (Wildman–Crippen LogP) is 1.08. The van der Waals surface area contributed by atoms with E-state index >= 15 is 0 Å². The van der Waals surface area contributed by atoms with Crippen molar-refractivity contribution in [1.82, 2.24) is 9.78 Å². The Morgan fingerprint density at radius 1 is 1.57 bits per heavy atom. The lowest BCUT2D eigenvalue weighted by Crippen LogP contribution is -2.30. The molecule has 6 heteroatoms. The first-order valence-corrected chi connectivity index (χ1v) is 7.42. The number of ketones is 1. The summed E-state index contributed by atoms with van der Waals surface area (Å²) in [7, 11) is 1.70. The van der Waals surface area contributed by atoms with Crippen molar-refractivity contribution in [2.75, 3.05) is 25.1 Å². The maximum absolute atomic E-state index is 12.1. The van der Waals surface area contributed by atoms with E-state index in [-0.39, 0.29) is 29.9 Å². The largest absolute Gasteiger partial charge is 0.380 e. The summed E-state index contributed by atoms with van der Waals surface area (Å²) in [5.41, 5.74) is 0.566. The molecule has 2 heterocycles. The Balaban J connectivity index is 2.08. The molecule has 0 saturated carbocycles. The van der Waals surface area contributed by atoms with E-state index in [0.29, 0.717) is 0 Å². The Bertz CT molecular complexity index is 555. The topological polar surface area (TPSA) is 64.4 Å². The second-order valence-electron chi connectivity index (χ2n) is 5.58. The number of aromatic nitrogens is 2. The smallest absolute Gasteiger partial charge is 0.269 e. The molecule has 0 spiro atoms.